The van der Waals surface area contributed by atoms with Crippen molar-refractivity contribution < 1.29 is 4.79 Å². The highest BCUT2D eigenvalue weighted by Gasteiger charge is 2.22. The van der Waals surface area contributed by atoms with Gasteiger partial charge in [0.25, 0.3) is 5.91 Å². The number of primary amides is 1. The summed E-state index contributed by atoms with van der Waals surface area (Å²) in [4.78, 5) is 18.0. The van der Waals surface area contributed by atoms with Crippen molar-refractivity contribution in [3.05, 3.63) is 23.9 Å². The van der Waals surface area contributed by atoms with Gasteiger partial charge >= 0.3 is 0 Å². The number of nitrogens with zero attached hydrogens (tertiary/aromatic N) is 2. The van der Waals surface area contributed by atoms with Crippen molar-refractivity contribution in [3.8, 4) is 0 Å². The van der Waals surface area contributed by atoms with Crippen LogP contribution in [0.3, 0.4) is 0 Å². The van der Waals surface area contributed by atoms with Gasteiger partial charge in [0.15, 0.2) is 0 Å². The summed E-state index contributed by atoms with van der Waals surface area (Å²) in [5, 5.41) is 3.49. The van der Waals surface area contributed by atoms with E-state index < -0.39 is 5.91 Å². The molecule has 5 nitrogen and oxygen atoms in total. The molecule has 0 atom stereocenters. The fraction of sp³-hybridized carbons (Fsp3) is 0.600. The standard InChI is InChI=1S/C15H24N4O/c1-11(2)18-10-12-5-8-19(9-6-12)15-13(14(16)20)4-3-7-17-15/h3-4,7,11-12,18H,5-6,8-10H2,1-2H3,(H2,16,20). The predicted molar refractivity (Wildman–Crippen MR) is 80.8 cm³/mol. The second-order valence-electron chi connectivity index (χ2n) is 5.73. The minimum Gasteiger partial charge on any atom is -0.365 e. The monoisotopic (exact) mass is 276 g/mol. The Hall–Kier alpha value is -1.62. The lowest BCUT2D eigenvalue weighted by molar-refractivity contribution is 0.100. The summed E-state index contributed by atoms with van der Waals surface area (Å²) in [6, 6.07) is 4.03. The van der Waals surface area contributed by atoms with Gasteiger partial charge in [-0.3, -0.25) is 4.79 Å². The summed E-state index contributed by atoms with van der Waals surface area (Å²) >= 11 is 0. The Bertz CT molecular complexity index is 453. The van der Waals surface area contributed by atoms with Crippen LogP contribution in [0, 0.1) is 5.92 Å². The number of rotatable bonds is 5. The van der Waals surface area contributed by atoms with E-state index in [4.69, 9.17) is 5.73 Å². The topological polar surface area (TPSA) is 71.2 Å². The first-order valence-corrected chi connectivity index (χ1v) is 7.31. The fourth-order valence-electron chi connectivity index (χ4n) is 2.59. The summed E-state index contributed by atoms with van der Waals surface area (Å²) in [7, 11) is 0. The van der Waals surface area contributed by atoms with Gasteiger partial charge in [-0.25, -0.2) is 4.98 Å². The van der Waals surface area contributed by atoms with Gasteiger partial charge in [0, 0.05) is 25.3 Å². The molecule has 2 rings (SSSR count). The SMILES string of the molecule is CC(C)NCC1CCN(c2ncccc2C(N)=O)CC1. The number of piperidine rings is 1. The Morgan fingerprint density at radius 1 is 1.50 bits per heavy atom. The van der Waals surface area contributed by atoms with E-state index in [0.29, 0.717) is 17.5 Å². The zero-order chi connectivity index (χ0) is 14.5. The Morgan fingerprint density at radius 2 is 2.20 bits per heavy atom. The zero-order valence-corrected chi connectivity index (χ0v) is 12.3. The van der Waals surface area contributed by atoms with E-state index in [1.54, 1.807) is 18.3 Å². The molecule has 20 heavy (non-hydrogen) atoms. The Kier molecular flexibility index (Phi) is 4.95. The fourth-order valence-corrected chi connectivity index (χ4v) is 2.59. The minimum absolute atomic E-state index is 0.406. The summed E-state index contributed by atoms with van der Waals surface area (Å²) in [6.45, 7) is 7.27. The van der Waals surface area contributed by atoms with Crippen LogP contribution in [0.5, 0.6) is 0 Å². The first kappa shape index (κ1) is 14.8. The van der Waals surface area contributed by atoms with E-state index in [0.717, 1.165) is 38.3 Å². The maximum atomic E-state index is 11.5. The second kappa shape index (κ2) is 6.70. The van der Waals surface area contributed by atoms with Gasteiger partial charge in [0.05, 0.1) is 5.56 Å². The smallest absolute Gasteiger partial charge is 0.252 e. The molecule has 0 saturated carbocycles. The number of hydrogen-bond acceptors (Lipinski definition) is 4. The van der Waals surface area contributed by atoms with Crippen molar-refractivity contribution in [2.24, 2.45) is 11.7 Å². The maximum Gasteiger partial charge on any atom is 0.252 e. The number of hydrogen-bond donors (Lipinski definition) is 2. The minimum atomic E-state index is -0.406. The van der Waals surface area contributed by atoms with E-state index in [1.807, 2.05) is 0 Å². The molecule has 1 fully saturated rings. The average molecular weight is 276 g/mol. The van der Waals surface area contributed by atoms with E-state index in [1.165, 1.54) is 0 Å². The van der Waals surface area contributed by atoms with E-state index in [2.05, 4.69) is 29.0 Å². The van der Waals surface area contributed by atoms with Gasteiger partial charge in [0.1, 0.15) is 5.82 Å². The molecule has 1 amide bonds. The Balaban J connectivity index is 1.95. The molecule has 110 valence electrons. The molecule has 0 unspecified atom stereocenters. The van der Waals surface area contributed by atoms with Gasteiger partial charge in [-0.2, -0.15) is 0 Å². The molecule has 1 saturated heterocycles. The zero-order valence-electron chi connectivity index (χ0n) is 12.3. The summed E-state index contributed by atoms with van der Waals surface area (Å²) in [5.41, 5.74) is 5.93. The Labute approximate surface area is 120 Å². The van der Waals surface area contributed by atoms with Crippen LogP contribution >= 0.6 is 0 Å². The lowest BCUT2D eigenvalue weighted by atomic mass is 9.96. The highest BCUT2D eigenvalue weighted by atomic mass is 16.1. The number of nitrogens with one attached hydrogen (secondary N) is 1. The van der Waals surface area contributed by atoms with E-state index >= 15 is 0 Å². The van der Waals surface area contributed by atoms with Crippen molar-refractivity contribution in [1.82, 2.24) is 10.3 Å². The van der Waals surface area contributed by atoms with Gasteiger partial charge in [-0.15, -0.1) is 0 Å². The molecule has 3 N–H and O–H groups in total. The third-order valence-corrected chi connectivity index (χ3v) is 3.78. The number of carbonyl (C=O) groups is 1. The molecule has 0 radical (unpaired) electrons. The molecule has 1 aromatic heterocycles. The lowest BCUT2D eigenvalue weighted by Crippen LogP contribution is -2.39. The predicted octanol–water partition coefficient (Wildman–Crippen LogP) is 1.39. The summed E-state index contributed by atoms with van der Waals surface area (Å²) in [6.07, 6.45) is 3.96. The van der Waals surface area contributed by atoms with Crippen molar-refractivity contribution >= 4 is 11.7 Å². The van der Waals surface area contributed by atoms with Crippen LogP contribution in [0.1, 0.15) is 37.0 Å². The quantitative estimate of drug-likeness (QED) is 0.852. The molecule has 0 aromatic carbocycles. The highest BCUT2D eigenvalue weighted by Crippen LogP contribution is 2.24. The number of amides is 1. The van der Waals surface area contributed by atoms with Crippen molar-refractivity contribution in [2.45, 2.75) is 32.7 Å². The molecule has 0 spiro atoms. The first-order chi connectivity index (χ1) is 9.58. The molecule has 1 aromatic rings. The molecular formula is C15H24N4O. The van der Waals surface area contributed by atoms with Crippen LogP contribution in [0.15, 0.2) is 18.3 Å². The average Bonchev–Trinajstić information content (AvgIpc) is 2.45. The van der Waals surface area contributed by atoms with Gasteiger partial charge in [-0.05, 0) is 37.4 Å². The Morgan fingerprint density at radius 3 is 2.80 bits per heavy atom. The van der Waals surface area contributed by atoms with Crippen LogP contribution in [-0.2, 0) is 0 Å². The van der Waals surface area contributed by atoms with Gasteiger partial charge < -0.3 is 16.0 Å². The number of anilines is 1. The van der Waals surface area contributed by atoms with Crippen LogP contribution in [0.2, 0.25) is 0 Å². The largest absolute Gasteiger partial charge is 0.365 e. The van der Waals surface area contributed by atoms with Crippen molar-refractivity contribution in [2.75, 3.05) is 24.5 Å². The molecule has 1 aliphatic rings. The van der Waals surface area contributed by atoms with Crippen molar-refractivity contribution in [1.29, 1.82) is 0 Å². The maximum absolute atomic E-state index is 11.5. The van der Waals surface area contributed by atoms with E-state index in [9.17, 15) is 4.79 Å². The number of pyridine rings is 1. The molecular weight excluding hydrogens is 252 g/mol. The number of nitrogens with two attached hydrogens (primary N) is 1. The normalized spacial score (nSPS) is 16.6. The van der Waals surface area contributed by atoms with Crippen LogP contribution in [-0.4, -0.2) is 36.6 Å². The lowest BCUT2D eigenvalue weighted by Gasteiger charge is -2.33. The first-order valence-electron chi connectivity index (χ1n) is 7.31. The van der Waals surface area contributed by atoms with Gasteiger partial charge in [-0.1, -0.05) is 13.8 Å². The van der Waals surface area contributed by atoms with Gasteiger partial charge in [0.2, 0.25) is 0 Å². The van der Waals surface area contributed by atoms with Crippen LogP contribution in [0.4, 0.5) is 5.82 Å². The highest BCUT2D eigenvalue weighted by molar-refractivity contribution is 5.97. The number of aromatic nitrogens is 1. The van der Waals surface area contributed by atoms with Crippen LogP contribution < -0.4 is 16.0 Å². The number of carbonyl (C=O) groups excluding carboxylic acids is 1. The van der Waals surface area contributed by atoms with Crippen LogP contribution in [0.25, 0.3) is 0 Å². The summed E-state index contributed by atoms with van der Waals surface area (Å²) in [5.74, 6) is 1.03. The van der Waals surface area contributed by atoms with E-state index in [-0.39, 0.29) is 0 Å². The second-order valence-corrected chi connectivity index (χ2v) is 5.73. The molecule has 5 heteroatoms. The van der Waals surface area contributed by atoms with Crippen molar-refractivity contribution in [3.63, 3.8) is 0 Å². The third kappa shape index (κ3) is 3.70. The molecule has 2 heterocycles. The molecule has 0 aliphatic carbocycles. The molecule has 0 bridgehead atoms. The molecule has 1 aliphatic heterocycles. The summed E-state index contributed by atoms with van der Waals surface area (Å²) < 4.78 is 0. The third-order valence-electron chi connectivity index (χ3n) is 3.78.